The summed E-state index contributed by atoms with van der Waals surface area (Å²) in [6.45, 7) is 0. The lowest BCUT2D eigenvalue weighted by atomic mass is 10.00. The molecule has 0 spiro atoms. The molecule has 1 amide bonds. The van der Waals surface area contributed by atoms with Crippen LogP contribution >= 0.6 is 27.7 Å². The van der Waals surface area contributed by atoms with Gasteiger partial charge in [-0.25, -0.2) is 4.79 Å². The third-order valence-corrected chi connectivity index (χ3v) is 5.30. The summed E-state index contributed by atoms with van der Waals surface area (Å²) in [6, 6.07) is 3.94. The molecule has 22 heavy (non-hydrogen) atoms. The standard InChI is InChI=1S/C15H18BrNO4S/c1-21-12-3-2-10(8-11(12)16)13(15(19)20)17-14(18)9-4-6-22-7-5-9/h2-3,8-9,13H,4-7H2,1H3,(H,17,18)(H,19,20). The van der Waals surface area contributed by atoms with Crippen molar-refractivity contribution in [1.29, 1.82) is 0 Å². The number of nitrogens with one attached hydrogen (secondary N) is 1. The van der Waals surface area contributed by atoms with E-state index in [4.69, 9.17) is 4.74 Å². The van der Waals surface area contributed by atoms with Crippen LogP contribution in [0.3, 0.4) is 0 Å². The predicted octanol–water partition coefficient (Wildman–Crippen LogP) is 2.84. The number of thioether (sulfide) groups is 1. The van der Waals surface area contributed by atoms with Gasteiger partial charge in [0.1, 0.15) is 5.75 Å². The average molecular weight is 388 g/mol. The second-order valence-electron chi connectivity index (χ2n) is 5.06. The number of rotatable bonds is 5. The molecule has 1 fully saturated rings. The van der Waals surface area contributed by atoms with Crippen molar-refractivity contribution in [2.45, 2.75) is 18.9 Å². The van der Waals surface area contributed by atoms with Crippen LogP contribution in [-0.4, -0.2) is 35.6 Å². The predicted molar refractivity (Wildman–Crippen MR) is 89.3 cm³/mol. The summed E-state index contributed by atoms with van der Waals surface area (Å²) in [5.41, 5.74) is 0.513. The zero-order valence-electron chi connectivity index (χ0n) is 12.2. The van der Waals surface area contributed by atoms with Crippen LogP contribution in [0.1, 0.15) is 24.4 Å². The Morgan fingerprint density at radius 3 is 2.64 bits per heavy atom. The molecule has 2 N–H and O–H groups in total. The first-order valence-corrected chi connectivity index (χ1v) is 8.92. The van der Waals surface area contributed by atoms with E-state index in [9.17, 15) is 14.7 Å². The van der Waals surface area contributed by atoms with Crippen LogP contribution in [0.25, 0.3) is 0 Å². The van der Waals surface area contributed by atoms with E-state index in [-0.39, 0.29) is 11.8 Å². The van der Waals surface area contributed by atoms with E-state index in [0.29, 0.717) is 15.8 Å². The highest BCUT2D eigenvalue weighted by atomic mass is 79.9. The number of carboxylic acid groups (broad SMARTS) is 1. The first kappa shape index (κ1) is 17.1. The molecule has 1 heterocycles. The SMILES string of the molecule is COc1ccc(C(NC(=O)C2CCSCC2)C(=O)O)cc1Br. The summed E-state index contributed by atoms with van der Waals surface area (Å²) >= 11 is 5.16. The molecule has 7 heteroatoms. The lowest BCUT2D eigenvalue weighted by Gasteiger charge is -2.23. The van der Waals surface area contributed by atoms with Gasteiger partial charge in [0.2, 0.25) is 5.91 Å². The molecule has 0 aromatic heterocycles. The number of hydrogen-bond acceptors (Lipinski definition) is 4. The zero-order chi connectivity index (χ0) is 16.1. The number of benzene rings is 1. The van der Waals surface area contributed by atoms with Gasteiger partial charge in [0.05, 0.1) is 11.6 Å². The maximum absolute atomic E-state index is 12.3. The number of halogens is 1. The van der Waals surface area contributed by atoms with Gasteiger partial charge >= 0.3 is 5.97 Å². The van der Waals surface area contributed by atoms with Crippen LogP contribution in [0.4, 0.5) is 0 Å². The van der Waals surface area contributed by atoms with Gasteiger partial charge in [0.25, 0.3) is 0 Å². The summed E-state index contributed by atoms with van der Waals surface area (Å²) in [4.78, 5) is 23.8. The molecule has 1 aliphatic heterocycles. The summed E-state index contributed by atoms with van der Waals surface area (Å²) in [7, 11) is 1.54. The van der Waals surface area contributed by atoms with Crippen LogP contribution in [0.5, 0.6) is 5.75 Å². The molecule has 1 unspecified atom stereocenters. The van der Waals surface area contributed by atoms with Crippen molar-refractivity contribution in [2.24, 2.45) is 5.92 Å². The Morgan fingerprint density at radius 1 is 1.41 bits per heavy atom. The first-order valence-electron chi connectivity index (χ1n) is 6.97. The lowest BCUT2D eigenvalue weighted by molar-refractivity contribution is -0.142. The van der Waals surface area contributed by atoms with E-state index >= 15 is 0 Å². The van der Waals surface area contributed by atoms with Crippen molar-refractivity contribution in [1.82, 2.24) is 5.32 Å². The molecule has 1 saturated heterocycles. The van der Waals surface area contributed by atoms with E-state index < -0.39 is 12.0 Å². The Kier molecular flexibility index (Phi) is 6.14. The minimum Gasteiger partial charge on any atom is -0.496 e. The van der Waals surface area contributed by atoms with Crippen LogP contribution in [0.2, 0.25) is 0 Å². The van der Waals surface area contributed by atoms with Gasteiger partial charge in [-0.05, 0) is 58.0 Å². The summed E-state index contributed by atoms with van der Waals surface area (Å²) in [6.07, 6.45) is 1.60. The number of ether oxygens (including phenoxy) is 1. The molecular formula is C15H18BrNO4S. The minimum absolute atomic E-state index is 0.0928. The molecule has 0 radical (unpaired) electrons. The molecule has 1 aromatic rings. The fourth-order valence-electron chi connectivity index (χ4n) is 2.37. The van der Waals surface area contributed by atoms with Crippen molar-refractivity contribution in [3.8, 4) is 5.75 Å². The Labute approximate surface area is 141 Å². The van der Waals surface area contributed by atoms with Crippen molar-refractivity contribution < 1.29 is 19.4 Å². The summed E-state index contributed by atoms with van der Waals surface area (Å²) in [5, 5.41) is 12.1. The van der Waals surface area contributed by atoms with Gasteiger partial charge in [0.15, 0.2) is 6.04 Å². The third-order valence-electron chi connectivity index (χ3n) is 3.63. The average Bonchev–Trinajstić information content (AvgIpc) is 2.52. The molecule has 120 valence electrons. The largest absolute Gasteiger partial charge is 0.496 e. The lowest BCUT2D eigenvalue weighted by Crippen LogP contribution is -2.38. The van der Waals surface area contributed by atoms with Crippen molar-refractivity contribution >= 4 is 39.6 Å². The van der Waals surface area contributed by atoms with E-state index in [1.807, 2.05) is 11.8 Å². The Balaban J connectivity index is 2.14. The van der Waals surface area contributed by atoms with E-state index in [1.165, 1.54) is 7.11 Å². The zero-order valence-corrected chi connectivity index (χ0v) is 14.6. The number of carbonyl (C=O) groups is 2. The van der Waals surface area contributed by atoms with Gasteiger partial charge in [-0.3, -0.25) is 4.79 Å². The van der Waals surface area contributed by atoms with Crippen LogP contribution in [0.15, 0.2) is 22.7 Å². The molecule has 0 saturated carbocycles. The fourth-order valence-corrected chi connectivity index (χ4v) is 4.03. The maximum atomic E-state index is 12.3. The quantitative estimate of drug-likeness (QED) is 0.812. The number of amides is 1. The van der Waals surface area contributed by atoms with Gasteiger partial charge in [-0.2, -0.15) is 11.8 Å². The van der Waals surface area contributed by atoms with Crippen LogP contribution in [-0.2, 0) is 9.59 Å². The van der Waals surface area contributed by atoms with Gasteiger partial charge in [0, 0.05) is 5.92 Å². The Bertz CT molecular complexity index is 560. The second kappa shape index (κ2) is 7.87. The number of methoxy groups -OCH3 is 1. The maximum Gasteiger partial charge on any atom is 0.330 e. The molecule has 1 aromatic carbocycles. The van der Waals surface area contributed by atoms with Gasteiger partial charge in [-0.1, -0.05) is 6.07 Å². The normalized spacial score (nSPS) is 16.8. The molecular weight excluding hydrogens is 370 g/mol. The Hall–Kier alpha value is -1.21. The molecule has 0 bridgehead atoms. The van der Waals surface area contributed by atoms with Gasteiger partial charge < -0.3 is 15.2 Å². The van der Waals surface area contributed by atoms with Crippen molar-refractivity contribution in [2.75, 3.05) is 18.6 Å². The topological polar surface area (TPSA) is 75.6 Å². The number of carboxylic acids is 1. The third kappa shape index (κ3) is 4.16. The highest BCUT2D eigenvalue weighted by molar-refractivity contribution is 9.10. The summed E-state index contributed by atoms with van der Waals surface area (Å²) in [5.74, 6) is 1.16. The van der Waals surface area contributed by atoms with Crippen molar-refractivity contribution in [3.05, 3.63) is 28.2 Å². The Morgan fingerprint density at radius 2 is 2.09 bits per heavy atom. The molecule has 1 atom stereocenters. The van der Waals surface area contributed by atoms with Gasteiger partial charge in [-0.15, -0.1) is 0 Å². The van der Waals surface area contributed by atoms with E-state index in [1.54, 1.807) is 18.2 Å². The molecule has 5 nitrogen and oxygen atoms in total. The van der Waals surface area contributed by atoms with E-state index in [0.717, 1.165) is 24.3 Å². The number of hydrogen-bond donors (Lipinski definition) is 2. The highest BCUT2D eigenvalue weighted by Crippen LogP contribution is 2.29. The molecule has 0 aliphatic carbocycles. The smallest absolute Gasteiger partial charge is 0.330 e. The molecule has 2 rings (SSSR count). The van der Waals surface area contributed by atoms with Crippen LogP contribution < -0.4 is 10.1 Å². The number of carbonyl (C=O) groups excluding carboxylic acids is 1. The minimum atomic E-state index is -1.07. The highest BCUT2D eigenvalue weighted by Gasteiger charge is 2.28. The van der Waals surface area contributed by atoms with E-state index in [2.05, 4.69) is 21.2 Å². The second-order valence-corrected chi connectivity index (χ2v) is 7.14. The molecule has 1 aliphatic rings. The first-order chi connectivity index (χ1) is 10.5. The van der Waals surface area contributed by atoms with Crippen molar-refractivity contribution in [3.63, 3.8) is 0 Å². The fraction of sp³-hybridized carbons (Fsp3) is 0.467. The monoisotopic (exact) mass is 387 g/mol. The number of aliphatic carboxylic acids is 1. The summed E-state index contributed by atoms with van der Waals surface area (Å²) < 4.78 is 5.79. The van der Waals surface area contributed by atoms with Crippen LogP contribution in [0, 0.1) is 5.92 Å².